The molecule has 0 aliphatic carbocycles. The summed E-state index contributed by atoms with van der Waals surface area (Å²) < 4.78 is 1.72. The van der Waals surface area contributed by atoms with Crippen LogP contribution in [-0.2, 0) is 0 Å². The van der Waals surface area contributed by atoms with Gasteiger partial charge in [0.05, 0.1) is 11.0 Å². The summed E-state index contributed by atoms with van der Waals surface area (Å²) in [4.78, 5) is 14.8. The summed E-state index contributed by atoms with van der Waals surface area (Å²) in [6.45, 7) is 2.00. The number of para-hydroxylation sites is 1. The summed E-state index contributed by atoms with van der Waals surface area (Å²) in [5.41, 5.74) is 2.87. The van der Waals surface area contributed by atoms with E-state index in [0.29, 0.717) is 0 Å². The topological polar surface area (TPSA) is 37.8 Å². The number of aryl methyl sites for hydroxylation is 1. The maximum absolute atomic E-state index is 11.9. The second-order valence-corrected chi connectivity index (χ2v) is 4.61. The Balaban J connectivity index is 2.46. The highest BCUT2D eigenvalue weighted by Gasteiger charge is 2.09. The fourth-order valence-electron chi connectivity index (χ4n) is 1.89. The molecule has 0 atom stereocenters. The van der Waals surface area contributed by atoms with Crippen LogP contribution >= 0.6 is 11.3 Å². The number of rotatable bonds is 1. The van der Waals surface area contributed by atoms with Gasteiger partial charge in [-0.1, -0.05) is 12.1 Å². The Morgan fingerprint density at radius 3 is 2.88 bits per heavy atom. The first-order valence-corrected chi connectivity index (χ1v) is 5.89. The molecule has 0 unspecified atom stereocenters. The number of thiophene rings is 1. The molecule has 1 aromatic carbocycles. The molecule has 3 nitrogen and oxygen atoms in total. The van der Waals surface area contributed by atoms with Crippen molar-refractivity contribution in [3.05, 3.63) is 51.8 Å². The van der Waals surface area contributed by atoms with E-state index in [-0.39, 0.29) is 5.69 Å². The van der Waals surface area contributed by atoms with Crippen LogP contribution in [0.3, 0.4) is 0 Å². The maximum atomic E-state index is 11.9. The fourth-order valence-corrected chi connectivity index (χ4v) is 2.63. The lowest BCUT2D eigenvalue weighted by Crippen LogP contribution is -2.13. The van der Waals surface area contributed by atoms with Gasteiger partial charge in [0, 0.05) is 0 Å². The van der Waals surface area contributed by atoms with Crippen molar-refractivity contribution < 1.29 is 0 Å². The first kappa shape index (κ1) is 9.42. The van der Waals surface area contributed by atoms with Gasteiger partial charge < -0.3 is 4.98 Å². The fraction of sp³-hybridized carbons (Fsp3) is 0.0833. The summed E-state index contributed by atoms with van der Waals surface area (Å²) in [6.07, 6.45) is 0. The number of hydrogen-bond donors (Lipinski definition) is 1. The highest BCUT2D eigenvalue weighted by Crippen LogP contribution is 2.20. The first-order valence-electron chi connectivity index (χ1n) is 5.01. The number of nitrogens with one attached hydrogen (secondary N) is 1. The lowest BCUT2D eigenvalue weighted by atomic mass is 10.2. The molecule has 16 heavy (non-hydrogen) atoms. The SMILES string of the molecule is Cc1cccc2c1[nH]c(=O)n2-c1cccs1. The summed E-state index contributed by atoms with van der Waals surface area (Å²) in [5.74, 6) is 0. The van der Waals surface area contributed by atoms with Gasteiger partial charge in [0.2, 0.25) is 0 Å². The van der Waals surface area contributed by atoms with Crippen LogP contribution in [0, 0.1) is 6.92 Å². The van der Waals surface area contributed by atoms with Gasteiger partial charge in [-0.3, -0.25) is 4.57 Å². The van der Waals surface area contributed by atoms with Gasteiger partial charge in [-0.05, 0) is 36.1 Å². The molecule has 0 saturated carbocycles. The number of aromatic nitrogens is 2. The second-order valence-electron chi connectivity index (χ2n) is 3.69. The largest absolute Gasteiger partial charge is 0.331 e. The van der Waals surface area contributed by atoms with Gasteiger partial charge >= 0.3 is 5.69 Å². The molecule has 0 spiro atoms. The van der Waals surface area contributed by atoms with Crippen molar-refractivity contribution in [3.63, 3.8) is 0 Å². The molecule has 1 N–H and O–H groups in total. The number of benzene rings is 1. The molecular weight excluding hydrogens is 220 g/mol. The van der Waals surface area contributed by atoms with Crippen LogP contribution in [0.4, 0.5) is 0 Å². The Labute approximate surface area is 96.0 Å². The lowest BCUT2D eigenvalue weighted by molar-refractivity contribution is 1.04. The third-order valence-corrected chi connectivity index (χ3v) is 3.51. The van der Waals surface area contributed by atoms with Crippen LogP contribution in [0.5, 0.6) is 0 Å². The maximum Gasteiger partial charge on any atom is 0.331 e. The number of hydrogen-bond acceptors (Lipinski definition) is 2. The minimum atomic E-state index is -0.0771. The number of nitrogens with zero attached hydrogens (tertiary/aromatic N) is 1. The third-order valence-electron chi connectivity index (χ3n) is 2.65. The first-order chi connectivity index (χ1) is 7.77. The predicted octanol–water partition coefficient (Wildman–Crippen LogP) is 2.69. The quantitative estimate of drug-likeness (QED) is 0.685. The molecule has 2 heterocycles. The van der Waals surface area contributed by atoms with E-state index in [9.17, 15) is 4.79 Å². The van der Waals surface area contributed by atoms with Gasteiger partial charge in [0.1, 0.15) is 5.00 Å². The van der Waals surface area contributed by atoms with Crippen molar-refractivity contribution in [2.45, 2.75) is 6.92 Å². The lowest BCUT2D eigenvalue weighted by Gasteiger charge is -1.99. The predicted molar refractivity (Wildman–Crippen MR) is 66.5 cm³/mol. The van der Waals surface area contributed by atoms with E-state index in [0.717, 1.165) is 21.6 Å². The Kier molecular flexibility index (Phi) is 1.97. The molecule has 3 rings (SSSR count). The highest BCUT2D eigenvalue weighted by atomic mass is 32.1. The van der Waals surface area contributed by atoms with Crippen molar-refractivity contribution in [1.29, 1.82) is 0 Å². The highest BCUT2D eigenvalue weighted by molar-refractivity contribution is 7.12. The van der Waals surface area contributed by atoms with E-state index >= 15 is 0 Å². The molecule has 3 aromatic rings. The average Bonchev–Trinajstić information content (AvgIpc) is 2.85. The summed E-state index contributed by atoms with van der Waals surface area (Å²) in [5, 5.41) is 2.91. The van der Waals surface area contributed by atoms with Crippen molar-refractivity contribution >= 4 is 22.4 Å². The Hall–Kier alpha value is -1.81. The Morgan fingerprint density at radius 2 is 2.12 bits per heavy atom. The van der Waals surface area contributed by atoms with Crippen LogP contribution in [0.25, 0.3) is 16.0 Å². The van der Waals surface area contributed by atoms with Gasteiger partial charge in [0.15, 0.2) is 0 Å². The van der Waals surface area contributed by atoms with E-state index in [1.54, 1.807) is 15.9 Å². The Morgan fingerprint density at radius 1 is 1.25 bits per heavy atom. The smallest absolute Gasteiger partial charge is 0.305 e. The van der Waals surface area contributed by atoms with E-state index in [1.807, 2.05) is 42.6 Å². The summed E-state index contributed by atoms with van der Waals surface area (Å²) in [6, 6.07) is 9.81. The van der Waals surface area contributed by atoms with Gasteiger partial charge in [-0.15, -0.1) is 11.3 Å². The molecular formula is C12H10N2OS. The molecule has 0 amide bonds. The number of fused-ring (bicyclic) bond motifs is 1. The van der Waals surface area contributed by atoms with Crippen LogP contribution in [-0.4, -0.2) is 9.55 Å². The van der Waals surface area contributed by atoms with Crippen LogP contribution < -0.4 is 5.69 Å². The van der Waals surface area contributed by atoms with E-state index in [1.165, 1.54) is 0 Å². The van der Waals surface area contributed by atoms with Gasteiger partial charge in [-0.2, -0.15) is 0 Å². The van der Waals surface area contributed by atoms with Crippen molar-refractivity contribution in [1.82, 2.24) is 9.55 Å². The second kappa shape index (κ2) is 3.35. The molecule has 0 fully saturated rings. The monoisotopic (exact) mass is 230 g/mol. The minimum Gasteiger partial charge on any atom is -0.305 e. The molecule has 0 bridgehead atoms. The molecule has 4 heteroatoms. The molecule has 2 aromatic heterocycles. The van der Waals surface area contributed by atoms with Crippen LogP contribution in [0.2, 0.25) is 0 Å². The molecule has 80 valence electrons. The zero-order chi connectivity index (χ0) is 11.1. The standard InChI is InChI=1S/C12H10N2OS/c1-8-4-2-5-9-11(8)13-12(15)14(9)10-6-3-7-16-10/h2-7H,1H3,(H,13,15). The number of imidazole rings is 1. The summed E-state index contributed by atoms with van der Waals surface area (Å²) in [7, 11) is 0. The van der Waals surface area contributed by atoms with Crippen LogP contribution in [0.15, 0.2) is 40.5 Å². The minimum absolute atomic E-state index is 0.0771. The zero-order valence-electron chi connectivity index (χ0n) is 8.73. The zero-order valence-corrected chi connectivity index (χ0v) is 9.54. The van der Waals surface area contributed by atoms with Gasteiger partial charge in [0.25, 0.3) is 0 Å². The van der Waals surface area contributed by atoms with Gasteiger partial charge in [-0.25, -0.2) is 4.79 Å². The van der Waals surface area contributed by atoms with Crippen molar-refractivity contribution in [2.24, 2.45) is 0 Å². The van der Waals surface area contributed by atoms with Crippen molar-refractivity contribution in [2.75, 3.05) is 0 Å². The van der Waals surface area contributed by atoms with Crippen molar-refractivity contribution in [3.8, 4) is 5.00 Å². The molecule has 0 aliphatic rings. The average molecular weight is 230 g/mol. The number of aromatic amines is 1. The number of H-pyrrole nitrogens is 1. The molecule has 0 radical (unpaired) electrons. The molecule has 0 aliphatic heterocycles. The summed E-state index contributed by atoms with van der Waals surface area (Å²) >= 11 is 1.56. The van der Waals surface area contributed by atoms with E-state index in [2.05, 4.69) is 4.98 Å². The third kappa shape index (κ3) is 1.23. The Bertz CT molecular complexity index is 691. The van der Waals surface area contributed by atoms with Crippen LogP contribution in [0.1, 0.15) is 5.56 Å². The normalized spacial score (nSPS) is 11.1. The van der Waals surface area contributed by atoms with E-state index in [4.69, 9.17) is 0 Å². The molecule has 0 saturated heterocycles. The van der Waals surface area contributed by atoms with E-state index < -0.39 is 0 Å².